The number of aliphatic hydroxyl groups excluding tert-OH is 1. The van der Waals surface area contributed by atoms with Gasteiger partial charge in [-0.05, 0) is 36.7 Å². The van der Waals surface area contributed by atoms with E-state index in [1.54, 1.807) is 6.07 Å². The number of hydrogen-bond donors (Lipinski definition) is 1. The fourth-order valence-corrected chi connectivity index (χ4v) is 2.38. The average molecular weight is 253 g/mol. The number of nitrogens with zero attached hydrogens (tertiary/aromatic N) is 1. The maximum Gasteiger partial charge on any atom is 0.123 e. The van der Waals surface area contributed by atoms with E-state index in [2.05, 4.69) is 11.8 Å². The van der Waals surface area contributed by atoms with E-state index in [0.717, 1.165) is 24.2 Å². The summed E-state index contributed by atoms with van der Waals surface area (Å²) >= 11 is 0. The highest BCUT2D eigenvalue weighted by atomic mass is 19.1. The van der Waals surface area contributed by atoms with Crippen molar-refractivity contribution in [3.8, 4) is 0 Å². The zero-order chi connectivity index (χ0) is 13.1. The first-order valence-electron chi connectivity index (χ1n) is 6.40. The molecule has 2 atom stereocenters. The molecule has 1 heterocycles. The molecule has 1 aromatic rings. The van der Waals surface area contributed by atoms with Crippen molar-refractivity contribution in [1.29, 1.82) is 0 Å². The number of likely N-dealkylation sites (N-methyl/N-ethyl adjacent to an activating group) is 1. The molecule has 0 saturated carbocycles. The molecule has 1 aliphatic rings. The Morgan fingerprint density at radius 1 is 1.56 bits per heavy atom. The normalized spacial score (nSPS) is 23.0. The van der Waals surface area contributed by atoms with Gasteiger partial charge in [-0.1, -0.05) is 13.0 Å². The highest BCUT2D eigenvalue weighted by molar-refractivity contribution is 5.29. The Morgan fingerprint density at radius 2 is 2.33 bits per heavy atom. The fraction of sp³-hybridized carbons (Fsp3) is 0.571. The molecule has 0 bridgehead atoms. The van der Waals surface area contributed by atoms with Crippen molar-refractivity contribution in [3.63, 3.8) is 0 Å². The molecule has 2 rings (SSSR count). The minimum atomic E-state index is -0.694. The number of aliphatic hydroxyl groups is 1. The summed E-state index contributed by atoms with van der Waals surface area (Å²) in [7, 11) is 0. The van der Waals surface area contributed by atoms with Gasteiger partial charge in [0.15, 0.2) is 0 Å². The molecule has 2 unspecified atom stereocenters. The van der Waals surface area contributed by atoms with Gasteiger partial charge in [0.2, 0.25) is 0 Å². The average Bonchev–Trinajstić information content (AvgIpc) is 2.38. The Bertz CT molecular complexity index is 411. The summed E-state index contributed by atoms with van der Waals surface area (Å²) in [6, 6.07) is 4.47. The van der Waals surface area contributed by atoms with E-state index < -0.39 is 6.10 Å². The third-order valence-corrected chi connectivity index (χ3v) is 3.53. The second-order valence-corrected chi connectivity index (χ2v) is 4.75. The smallest absolute Gasteiger partial charge is 0.123 e. The van der Waals surface area contributed by atoms with E-state index >= 15 is 0 Å². The largest absolute Gasteiger partial charge is 0.386 e. The minimum absolute atomic E-state index is 0.233. The van der Waals surface area contributed by atoms with Gasteiger partial charge in [0.1, 0.15) is 18.0 Å². The lowest BCUT2D eigenvalue weighted by Gasteiger charge is -2.35. The van der Waals surface area contributed by atoms with Crippen LogP contribution in [0.1, 0.15) is 24.2 Å². The van der Waals surface area contributed by atoms with Crippen molar-refractivity contribution in [2.24, 2.45) is 0 Å². The molecular formula is C14H20FNO2. The van der Waals surface area contributed by atoms with Crippen LogP contribution in [-0.4, -0.2) is 42.4 Å². The quantitative estimate of drug-likeness (QED) is 0.893. The lowest BCUT2D eigenvalue weighted by molar-refractivity contribution is -0.0890. The van der Waals surface area contributed by atoms with Gasteiger partial charge in [0, 0.05) is 13.1 Å². The summed E-state index contributed by atoms with van der Waals surface area (Å²) in [6.07, 6.45) is -0.928. The summed E-state index contributed by atoms with van der Waals surface area (Å²) in [5, 5.41) is 10.4. The molecule has 4 heteroatoms. The van der Waals surface area contributed by atoms with E-state index in [9.17, 15) is 9.50 Å². The van der Waals surface area contributed by atoms with Gasteiger partial charge in [-0.3, -0.25) is 4.90 Å². The van der Waals surface area contributed by atoms with Gasteiger partial charge >= 0.3 is 0 Å². The molecule has 0 aliphatic carbocycles. The van der Waals surface area contributed by atoms with E-state index in [-0.39, 0.29) is 11.9 Å². The predicted octanol–water partition coefficient (Wildman–Crippen LogP) is 1.89. The van der Waals surface area contributed by atoms with Crippen LogP contribution in [0.25, 0.3) is 0 Å². The zero-order valence-electron chi connectivity index (χ0n) is 10.9. The van der Waals surface area contributed by atoms with E-state index in [1.165, 1.54) is 12.1 Å². The number of morpholine rings is 1. The van der Waals surface area contributed by atoms with Gasteiger partial charge in [0.05, 0.1) is 6.61 Å². The highest BCUT2D eigenvalue weighted by Gasteiger charge is 2.28. The van der Waals surface area contributed by atoms with Gasteiger partial charge in [-0.25, -0.2) is 4.39 Å². The molecule has 18 heavy (non-hydrogen) atoms. The van der Waals surface area contributed by atoms with Gasteiger partial charge in [-0.2, -0.15) is 0 Å². The van der Waals surface area contributed by atoms with Crippen molar-refractivity contribution >= 4 is 0 Å². The van der Waals surface area contributed by atoms with Crippen molar-refractivity contribution in [1.82, 2.24) is 4.90 Å². The molecule has 1 saturated heterocycles. The van der Waals surface area contributed by atoms with Crippen LogP contribution in [0.15, 0.2) is 18.2 Å². The lowest BCUT2D eigenvalue weighted by atomic mass is 9.98. The first-order valence-corrected chi connectivity index (χ1v) is 6.40. The van der Waals surface area contributed by atoms with Crippen molar-refractivity contribution in [3.05, 3.63) is 35.1 Å². The molecule has 1 aliphatic heterocycles. The number of benzene rings is 1. The summed E-state index contributed by atoms with van der Waals surface area (Å²) < 4.78 is 18.7. The van der Waals surface area contributed by atoms with Crippen LogP contribution in [0.4, 0.5) is 4.39 Å². The summed E-state index contributed by atoms with van der Waals surface area (Å²) in [5.41, 5.74) is 1.51. The SMILES string of the molecule is CCN1CCOC(C(O)c2ccc(F)cc2C)C1. The van der Waals surface area contributed by atoms with Crippen LogP contribution >= 0.6 is 0 Å². The van der Waals surface area contributed by atoms with Crippen LogP contribution < -0.4 is 0 Å². The van der Waals surface area contributed by atoms with E-state index in [1.807, 2.05) is 6.92 Å². The molecule has 1 aromatic carbocycles. The predicted molar refractivity (Wildman–Crippen MR) is 68.0 cm³/mol. The second kappa shape index (κ2) is 5.78. The Morgan fingerprint density at radius 3 is 3.00 bits per heavy atom. The monoisotopic (exact) mass is 253 g/mol. The third-order valence-electron chi connectivity index (χ3n) is 3.53. The van der Waals surface area contributed by atoms with Crippen LogP contribution in [0.3, 0.4) is 0 Å². The number of hydrogen-bond acceptors (Lipinski definition) is 3. The maximum absolute atomic E-state index is 13.0. The maximum atomic E-state index is 13.0. The number of halogens is 1. The Kier molecular flexibility index (Phi) is 4.32. The Labute approximate surface area is 107 Å². The van der Waals surface area contributed by atoms with Crippen LogP contribution in [-0.2, 0) is 4.74 Å². The van der Waals surface area contributed by atoms with Crippen LogP contribution in [0.2, 0.25) is 0 Å². The van der Waals surface area contributed by atoms with Gasteiger partial charge in [0.25, 0.3) is 0 Å². The molecular weight excluding hydrogens is 233 g/mol. The standard InChI is InChI=1S/C14H20FNO2/c1-3-16-6-7-18-13(9-16)14(17)12-5-4-11(15)8-10(12)2/h4-5,8,13-14,17H,3,6-7,9H2,1-2H3. The molecule has 0 amide bonds. The second-order valence-electron chi connectivity index (χ2n) is 4.75. The van der Waals surface area contributed by atoms with E-state index in [4.69, 9.17) is 4.74 Å². The van der Waals surface area contributed by atoms with Gasteiger partial charge in [-0.15, -0.1) is 0 Å². The minimum Gasteiger partial charge on any atom is -0.386 e. The van der Waals surface area contributed by atoms with Crippen LogP contribution in [0, 0.1) is 12.7 Å². The van der Waals surface area contributed by atoms with Crippen LogP contribution in [0.5, 0.6) is 0 Å². The van der Waals surface area contributed by atoms with Crippen molar-refractivity contribution in [2.75, 3.05) is 26.2 Å². The molecule has 0 radical (unpaired) electrons. The topological polar surface area (TPSA) is 32.7 Å². The molecule has 100 valence electrons. The zero-order valence-corrected chi connectivity index (χ0v) is 10.9. The van der Waals surface area contributed by atoms with Crippen molar-refractivity contribution < 1.29 is 14.2 Å². The van der Waals surface area contributed by atoms with Gasteiger partial charge < -0.3 is 9.84 Å². The third kappa shape index (κ3) is 2.88. The number of aryl methyl sites for hydroxylation is 1. The molecule has 1 N–H and O–H groups in total. The van der Waals surface area contributed by atoms with E-state index in [0.29, 0.717) is 13.2 Å². The lowest BCUT2D eigenvalue weighted by Crippen LogP contribution is -2.44. The summed E-state index contributed by atoms with van der Waals surface area (Å²) in [6.45, 7) is 7.11. The Balaban J connectivity index is 2.12. The molecule has 0 spiro atoms. The number of rotatable bonds is 3. The summed E-state index contributed by atoms with van der Waals surface area (Å²) in [5.74, 6) is -0.275. The van der Waals surface area contributed by atoms with Crippen molar-refractivity contribution in [2.45, 2.75) is 26.1 Å². The highest BCUT2D eigenvalue weighted by Crippen LogP contribution is 2.25. The molecule has 3 nitrogen and oxygen atoms in total. The Hall–Kier alpha value is -0.970. The summed E-state index contributed by atoms with van der Waals surface area (Å²) in [4.78, 5) is 2.25. The first-order chi connectivity index (χ1) is 8.61. The number of ether oxygens (including phenoxy) is 1. The molecule has 0 aromatic heterocycles. The first kappa shape index (κ1) is 13.5. The molecule has 1 fully saturated rings. The fourth-order valence-electron chi connectivity index (χ4n) is 2.38.